The van der Waals surface area contributed by atoms with Crippen LogP contribution in [0.15, 0.2) is 17.7 Å². The van der Waals surface area contributed by atoms with Crippen LogP contribution in [0.2, 0.25) is 10.0 Å². The molecule has 1 aromatic carbocycles. The molecule has 0 aromatic heterocycles. The highest BCUT2D eigenvalue weighted by Gasteiger charge is 2.15. The molecule has 5 heteroatoms. The molecule has 0 spiro atoms. The quantitative estimate of drug-likeness (QED) is 0.726. The van der Waals surface area contributed by atoms with Gasteiger partial charge in [-0.2, -0.15) is 0 Å². The zero-order chi connectivity index (χ0) is 15.1. The van der Waals surface area contributed by atoms with E-state index in [1.54, 1.807) is 13.2 Å². The zero-order valence-electron chi connectivity index (χ0n) is 12.3. The van der Waals surface area contributed by atoms with Crippen LogP contribution in [0.25, 0.3) is 6.08 Å². The predicted octanol–water partition coefficient (Wildman–Crippen LogP) is 4.18. The number of fused-ring (bicyclic) bond motifs is 1. The molecule has 0 fully saturated rings. The number of hydrogen-bond donors (Lipinski definition) is 1. The van der Waals surface area contributed by atoms with Crippen molar-refractivity contribution in [2.24, 2.45) is 0 Å². The van der Waals surface area contributed by atoms with Gasteiger partial charge in [-0.1, -0.05) is 23.2 Å². The van der Waals surface area contributed by atoms with Crippen molar-refractivity contribution in [2.45, 2.75) is 19.3 Å². The Labute approximate surface area is 136 Å². The van der Waals surface area contributed by atoms with Crippen molar-refractivity contribution in [3.05, 3.63) is 33.3 Å². The number of hydrogen-bond acceptors (Lipinski definition) is 3. The molecule has 21 heavy (non-hydrogen) atoms. The second kappa shape index (κ2) is 8.64. The highest BCUT2D eigenvalue weighted by atomic mass is 35.5. The van der Waals surface area contributed by atoms with Gasteiger partial charge in [0.2, 0.25) is 0 Å². The fourth-order valence-electron chi connectivity index (χ4n) is 2.29. The third-order valence-corrected chi connectivity index (χ3v) is 3.85. The number of benzene rings is 1. The largest absolute Gasteiger partial charge is 0.487 e. The summed E-state index contributed by atoms with van der Waals surface area (Å²) >= 11 is 12.1. The molecular weight excluding hydrogens is 309 g/mol. The summed E-state index contributed by atoms with van der Waals surface area (Å²) in [5, 5.41) is 4.64. The van der Waals surface area contributed by atoms with Gasteiger partial charge >= 0.3 is 0 Å². The highest BCUT2D eigenvalue weighted by Crippen LogP contribution is 2.36. The van der Waals surface area contributed by atoms with Gasteiger partial charge in [-0.25, -0.2) is 0 Å². The minimum Gasteiger partial charge on any atom is -0.487 e. The number of methoxy groups -OCH3 is 1. The number of unbranched alkanes of at least 4 members (excludes halogenated alkanes) is 2. The van der Waals surface area contributed by atoms with E-state index < -0.39 is 0 Å². The molecule has 2 rings (SSSR count). The molecule has 0 unspecified atom stereocenters. The number of rotatable bonds is 8. The van der Waals surface area contributed by atoms with Crippen molar-refractivity contribution in [2.75, 3.05) is 33.4 Å². The summed E-state index contributed by atoms with van der Waals surface area (Å²) in [5.41, 5.74) is 2.16. The maximum atomic E-state index is 6.12. The molecule has 1 aliphatic rings. The molecule has 3 nitrogen and oxygen atoms in total. The lowest BCUT2D eigenvalue weighted by molar-refractivity contribution is 0.192. The highest BCUT2D eigenvalue weighted by molar-refractivity contribution is 6.36. The summed E-state index contributed by atoms with van der Waals surface area (Å²) in [5.74, 6) is 0.726. The average molecular weight is 330 g/mol. The lowest BCUT2D eigenvalue weighted by Gasteiger charge is -2.19. The van der Waals surface area contributed by atoms with Crippen LogP contribution in [0.3, 0.4) is 0 Å². The molecule has 116 valence electrons. The summed E-state index contributed by atoms with van der Waals surface area (Å²) in [6.45, 7) is 3.25. The second-order valence-electron chi connectivity index (χ2n) is 5.13. The van der Waals surface area contributed by atoms with Crippen molar-refractivity contribution >= 4 is 29.3 Å². The summed E-state index contributed by atoms with van der Waals surface area (Å²) in [4.78, 5) is 0. The van der Waals surface area contributed by atoms with E-state index >= 15 is 0 Å². The SMILES string of the molecule is COCCCCCNCC1=Cc2cc(Cl)cc(Cl)c2OC1. The number of nitrogens with one attached hydrogen (secondary N) is 1. The first kappa shape index (κ1) is 16.6. The van der Waals surface area contributed by atoms with Gasteiger partial charge < -0.3 is 14.8 Å². The van der Waals surface area contributed by atoms with Crippen LogP contribution in [0.5, 0.6) is 5.75 Å². The van der Waals surface area contributed by atoms with Crippen molar-refractivity contribution in [3.63, 3.8) is 0 Å². The Morgan fingerprint density at radius 3 is 2.90 bits per heavy atom. The maximum Gasteiger partial charge on any atom is 0.145 e. The van der Waals surface area contributed by atoms with E-state index in [0.717, 1.165) is 43.9 Å². The summed E-state index contributed by atoms with van der Waals surface area (Å²) in [7, 11) is 1.74. The minimum absolute atomic E-state index is 0.568. The third-order valence-electron chi connectivity index (χ3n) is 3.35. The molecular formula is C16H21Cl2NO2. The molecule has 0 atom stereocenters. The van der Waals surface area contributed by atoms with Crippen molar-refractivity contribution in [1.29, 1.82) is 0 Å². The van der Waals surface area contributed by atoms with Crippen LogP contribution in [0.1, 0.15) is 24.8 Å². The molecule has 0 saturated carbocycles. The molecule has 1 aromatic rings. The first-order chi connectivity index (χ1) is 10.2. The monoisotopic (exact) mass is 329 g/mol. The van der Waals surface area contributed by atoms with E-state index in [4.69, 9.17) is 32.7 Å². The number of halogens is 2. The van der Waals surface area contributed by atoms with E-state index in [1.165, 1.54) is 12.0 Å². The molecule has 0 aliphatic carbocycles. The van der Waals surface area contributed by atoms with Crippen molar-refractivity contribution < 1.29 is 9.47 Å². The second-order valence-corrected chi connectivity index (χ2v) is 5.97. The van der Waals surface area contributed by atoms with Crippen LogP contribution in [0.4, 0.5) is 0 Å². The van der Waals surface area contributed by atoms with Crippen LogP contribution in [0, 0.1) is 0 Å². The van der Waals surface area contributed by atoms with Crippen LogP contribution in [-0.4, -0.2) is 33.4 Å². The Hall–Kier alpha value is -0.740. The standard InChI is InChI=1S/C16H21Cl2NO2/c1-20-6-4-2-3-5-19-10-12-7-13-8-14(17)9-15(18)16(13)21-11-12/h7-9,19H,2-6,10-11H2,1H3. The minimum atomic E-state index is 0.568. The van der Waals surface area contributed by atoms with Gasteiger partial charge in [-0.05, 0) is 49.6 Å². The topological polar surface area (TPSA) is 30.5 Å². The Morgan fingerprint density at radius 2 is 2.10 bits per heavy atom. The van der Waals surface area contributed by atoms with Gasteiger partial charge in [-0.3, -0.25) is 0 Å². The predicted molar refractivity (Wildman–Crippen MR) is 88.5 cm³/mol. The molecule has 1 aliphatic heterocycles. The molecule has 1 N–H and O–H groups in total. The summed E-state index contributed by atoms with van der Waals surface area (Å²) in [6.07, 6.45) is 5.57. The normalized spacial score (nSPS) is 13.6. The molecule has 0 saturated heterocycles. The molecule has 0 bridgehead atoms. The van der Waals surface area contributed by atoms with Crippen molar-refractivity contribution in [3.8, 4) is 5.75 Å². The van der Waals surface area contributed by atoms with E-state index in [1.807, 2.05) is 6.07 Å². The van der Waals surface area contributed by atoms with Gasteiger partial charge in [-0.15, -0.1) is 0 Å². The lowest BCUT2D eigenvalue weighted by Crippen LogP contribution is -2.22. The maximum absolute atomic E-state index is 6.12. The van der Waals surface area contributed by atoms with Gasteiger partial charge in [0.05, 0.1) is 5.02 Å². The number of ether oxygens (including phenoxy) is 2. The first-order valence-electron chi connectivity index (χ1n) is 7.21. The van der Waals surface area contributed by atoms with Crippen LogP contribution < -0.4 is 10.1 Å². The fourth-order valence-corrected chi connectivity index (χ4v) is 2.85. The first-order valence-corrected chi connectivity index (χ1v) is 7.97. The van der Waals surface area contributed by atoms with E-state index in [-0.39, 0.29) is 0 Å². The van der Waals surface area contributed by atoms with E-state index in [9.17, 15) is 0 Å². The van der Waals surface area contributed by atoms with Crippen molar-refractivity contribution in [1.82, 2.24) is 5.32 Å². The molecule has 0 radical (unpaired) electrons. The molecule has 0 amide bonds. The van der Waals surface area contributed by atoms with E-state index in [2.05, 4.69) is 11.4 Å². The lowest BCUT2D eigenvalue weighted by atomic mass is 10.1. The van der Waals surface area contributed by atoms with Gasteiger partial charge in [0.25, 0.3) is 0 Å². The zero-order valence-corrected chi connectivity index (χ0v) is 13.8. The fraction of sp³-hybridized carbons (Fsp3) is 0.500. The third kappa shape index (κ3) is 5.19. The Balaban J connectivity index is 1.78. The Kier molecular flexibility index (Phi) is 6.84. The smallest absolute Gasteiger partial charge is 0.145 e. The Morgan fingerprint density at radius 1 is 1.24 bits per heavy atom. The summed E-state index contributed by atoms with van der Waals surface area (Å²) < 4.78 is 10.7. The Bertz CT molecular complexity index is 503. The molecule has 1 heterocycles. The van der Waals surface area contributed by atoms with Crippen LogP contribution >= 0.6 is 23.2 Å². The van der Waals surface area contributed by atoms with E-state index in [0.29, 0.717) is 16.7 Å². The average Bonchev–Trinajstić information content (AvgIpc) is 2.45. The summed E-state index contributed by atoms with van der Waals surface area (Å²) in [6, 6.07) is 3.59. The van der Waals surface area contributed by atoms with Crippen LogP contribution in [-0.2, 0) is 4.74 Å². The van der Waals surface area contributed by atoms with Gasteiger partial charge in [0.1, 0.15) is 12.4 Å². The van der Waals surface area contributed by atoms with Gasteiger partial charge in [0.15, 0.2) is 0 Å². The van der Waals surface area contributed by atoms with Gasteiger partial charge in [0, 0.05) is 30.8 Å².